The van der Waals surface area contributed by atoms with Gasteiger partial charge in [-0.25, -0.2) is 4.98 Å². The van der Waals surface area contributed by atoms with E-state index in [1.165, 1.54) is 22.5 Å². The quantitative estimate of drug-likeness (QED) is 0.899. The standard InChI is InChI=1S/C14H17N3OS/c1-9-3-5-11(6-4-9)7-12-10(2)16-14(19-12)17-13(18)8-15/h3-6H,7-8,15H2,1-2H3,(H,16,17,18). The predicted molar refractivity (Wildman–Crippen MR) is 78.5 cm³/mol. The Balaban J connectivity index is 2.12. The molecule has 1 aromatic carbocycles. The minimum atomic E-state index is -0.212. The van der Waals surface area contributed by atoms with Gasteiger partial charge in [-0.1, -0.05) is 29.8 Å². The molecule has 2 aromatic rings. The molecule has 4 nitrogen and oxygen atoms in total. The number of aryl methyl sites for hydroxylation is 2. The van der Waals surface area contributed by atoms with Crippen molar-refractivity contribution in [3.8, 4) is 0 Å². The fourth-order valence-corrected chi connectivity index (χ4v) is 2.72. The number of hydrogen-bond donors (Lipinski definition) is 2. The zero-order valence-corrected chi connectivity index (χ0v) is 11.9. The average molecular weight is 275 g/mol. The fourth-order valence-electron chi connectivity index (χ4n) is 1.71. The molecule has 2 rings (SSSR count). The predicted octanol–water partition coefficient (Wildman–Crippen LogP) is 2.25. The molecule has 0 radical (unpaired) electrons. The number of nitrogens with one attached hydrogen (secondary N) is 1. The minimum Gasteiger partial charge on any atom is -0.322 e. The number of thiazole rings is 1. The van der Waals surface area contributed by atoms with Crippen LogP contribution in [0.5, 0.6) is 0 Å². The third kappa shape index (κ3) is 3.62. The first kappa shape index (κ1) is 13.7. The van der Waals surface area contributed by atoms with Gasteiger partial charge in [0.1, 0.15) is 0 Å². The Morgan fingerprint density at radius 1 is 1.32 bits per heavy atom. The molecule has 0 aliphatic carbocycles. The van der Waals surface area contributed by atoms with Crippen LogP contribution in [-0.4, -0.2) is 17.4 Å². The molecule has 0 saturated heterocycles. The van der Waals surface area contributed by atoms with E-state index in [-0.39, 0.29) is 12.5 Å². The molecule has 1 amide bonds. The molecule has 1 aromatic heterocycles. The van der Waals surface area contributed by atoms with E-state index in [0.29, 0.717) is 5.13 Å². The fraction of sp³-hybridized carbons (Fsp3) is 0.286. The van der Waals surface area contributed by atoms with Crippen molar-refractivity contribution in [1.82, 2.24) is 4.98 Å². The monoisotopic (exact) mass is 275 g/mol. The van der Waals surface area contributed by atoms with Crippen LogP contribution in [0.4, 0.5) is 5.13 Å². The first-order chi connectivity index (χ1) is 9.08. The van der Waals surface area contributed by atoms with Gasteiger partial charge in [-0.15, -0.1) is 11.3 Å². The third-order valence-electron chi connectivity index (χ3n) is 2.81. The van der Waals surface area contributed by atoms with Gasteiger partial charge < -0.3 is 11.1 Å². The van der Waals surface area contributed by atoms with E-state index in [9.17, 15) is 4.79 Å². The molecular weight excluding hydrogens is 258 g/mol. The number of aromatic nitrogens is 1. The Kier molecular flexibility index (Phi) is 4.29. The number of carbonyl (C=O) groups excluding carboxylic acids is 1. The van der Waals surface area contributed by atoms with Gasteiger partial charge in [0.2, 0.25) is 5.91 Å². The number of benzene rings is 1. The van der Waals surface area contributed by atoms with E-state index in [1.54, 1.807) is 0 Å². The summed E-state index contributed by atoms with van der Waals surface area (Å²) in [5.74, 6) is -0.212. The van der Waals surface area contributed by atoms with Gasteiger partial charge >= 0.3 is 0 Å². The number of anilines is 1. The summed E-state index contributed by atoms with van der Waals surface area (Å²) in [5.41, 5.74) is 8.72. The Morgan fingerprint density at radius 3 is 2.63 bits per heavy atom. The summed E-state index contributed by atoms with van der Waals surface area (Å²) < 4.78 is 0. The SMILES string of the molecule is Cc1ccc(Cc2sc(NC(=O)CN)nc2C)cc1. The Labute approximate surface area is 116 Å². The van der Waals surface area contributed by atoms with Crippen LogP contribution in [0.3, 0.4) is 0 Å². The van der Waals surface area contributed by atoms with Crippen molar-refractivity contribution in [2.45, 2.75) is 20.3 Å². The van der Waals surface area contributed by atoms with Crippen LogP contribution >= 0.6 is 11.3 Å². The zero-order valence-electron chi connectivity index (χ0n) is 11.1. The molecule has 100 valence electrons. The highest BCUT2D eigenvalue weighted by Gasteiger charge is 2.10. The molecule has 0 bridgehead atoms. The van der Waals surface area contributed by atoms with Crippen molar-refractivity contribution >= 4 is 22.4 Å². The highest BCUT2D eigenvalue weighted by atomic mass is 32.1. The molecule has 1 heterocycles. The van der Waals surface area contributed by atoms with Gasteiger partial charge in [-0.05, 0) is 19.4 Å². The van der Waals surface area contributed by atoms with Crippen molar-refractivity contribution in [3.05, 3.63) is 46.0 Å². The van der Waals surface area contributed by atoms with Crippen LogP contribution < -0.4 is 11.1 Å². The number of carbonyl (C=O) groups is 1. The van der Waals surface area contributed by atoms with Crippen molar-refractivity contribution in [1.29, 1.82) is 0 Å². The molecule has 0 aliphatic rings. The second-order valence-electron chi connectivity index (χ2n) is 4.44. The van der Waals surface area contributed by atoms with Crippen LogP contribution in [0, 0.1) is 13.8 Å². The van der Waals surface area contributed by atoms with E-state index < -0.39 is 0 Å². The first-order valence-corrected chi connectivity index (χ1v) is 6.92. The number of nitrogens with two attached hydrogens (primary N) is 1. The molecule has 3 N–H and O–H groups in total. The average Bonchev–Trinajstić information content (AvgIpc) is 2.72. The molecular formula is C14H17N3OS. The van der Waals surface area contributed by atoms with Gasteiger partial charge in [0.15, 0.2) is 5.13 Å². The molecule has 0 atom stereocenters. The summed E-state index contributed by atoms with van der Waals surface area (Å²) in [6.45, 7) is 4.01. The van der Waals surface area contributed by atoms with E-state index in [0.717, 1.165) is 17.0 Å². The number of rotatable bonds is 4. The second-order valence-corrected chi connectivity index (χ2v) is 5.53. The lowest BCUT2D eigenvalue weighted by atomic mass is 10.1. The molecule has 19 heavy (non-hydrogen) atoms. The van der Waals surface area contributed by atoms with E-state index in [2.05, 4.69) is 41.5 Å². The summed E-state index contributed by atoms with van der Waals surface area (Å²) in [6.07, 6.45) is 0.836. The highest BCUT2D eigenvalue weighted by molar-refractivity contribution is 7.15. The van der Waals surface area contributed by atoms with Gasteiger partial charge in [-0.3, -0.25) is 4.79 Å². The van der Waals surface area contributed by atoms with Gasteiger partial charge in [-0.2, -0.15) is 0 Å². The van der Waals surface area contributed by atoms with Gasteiger partial charge in [0, 0.05) is 11.3 Å². The van der Waals surface area contributed by atoms with Crippen molar-refractivity contribution in [3.63, 3.8) is 0 Å². The van der Waals surface area contributed by atoms with Crippen molar-refractivity contribution < 1.29 is 4.79 Å². The lowest BCUT2D eigenvalue weighted by Gasteiger charge is -2.00. The lowest BCUT2D eigenvalue weighted by Crippen LogP contribution is -2.21. The largest absolute Gasteiger partial charge is 0.322 e. The van der Waals surface area contributed by atoms with Crippen LogP contribution in [0.2, 0.25) is 0 Å². The van der Waals surface area contributed by atoms with E-state index in [1.807, 2.05) is 6.92 Å². The Bertz CT molecular complexity index is 575. The van der Waals surface area contributed by atoms with Crippen LogP contribution in [-0.2, 0) is 11.2 Å². The maximum absolute atomic E-state index is 11.2. The molecule has 0 saturated carbocycles. The molecule has 0 unspecified atom stereocenters. The highest BCUT2D eigenvalue weighted by Crippen LogP contribution is 2.25. The third-order valence-corrected chi connectivity index (χ3v) is 3.88. The summed E-state index contributed by atoms with van der Waals surface area (Å²) in [4.78, 5) is 16.7. The summed E-state index contributed by atoms with van der Waals surface area (Å²) in [5, 5.41) is 3.31. The molecule has 5 heteroatoms. The minimum absolute atomic E-state index is 0.0219. The van der Waals surface area contributed by atoms with Crippen LogP contribution in [0.25, 0.3) is 0 Å². The summed E-state index contributed by atoms with van der Waals surface area (Å²) >= 11 is 1.50. The zero-order chi connectivity index (χ0) is 13.8. The number of hydrogen-bond acceptors (Lipinski definition) is 4. The maximum atomic E-state index is 11.2. The normalized spacial score (nSPS) is 10.5. The van der Waals surface area contributed by atoms with E-state index >= 15 is 0 Å². The Hall–Kier alpha value is -1.72. The first-order valence-electron chi connectivity index (χ1n) is 6.10. The van der Waals surface area contributed by atoms with Gasteiger partial charge in [0.25, 0.3) is 0 Å². The molecule has 0 spiro atoms. The summed E-state index contributed by atoms with van der Waals surface area (Å²) in [6, 6.07) is 8.44. The Morgan fingerprint density at radius 2 is 2.00 bits per heavy atom. The number of amides is 1. The maximum Gasteiger partial charge on any atom is 0.239 e. The van der Waals surface area contributed by atoms with Crippen molar-refractivity contribution in [2.75, 3.05) is 11.9 Å². The molecule has 0 fully saturated rings. The van der Waals surface area contributed by atoms with Gasteiger partial charge in [0.05, 0.1) is 12.2 Å². The van der Waals surface area contributed by atoms with Crippen molar-refractivity contribution in [2.24, 2.45) is 5.73 Å². The topological polar surface area (TPSA) is 68.0 Å². The van der Waals surface area contributed by atoms with Crippen LogP contribution in [0.1, 0.15) is 21.7 Å². The lowest BCUT2D eigenvalue weighted by molar-refractivity contribution is -0.114. The second kappa shape index (κ2) is 5.95. The van der Waals surface area contributed by atoms with E-state index in [4.69, 9.17) is 5.73 Å². The summed E-state index contributed by atoms with van der Waals surface area (Å²) in [7, 11) is 0. The smallest absolute Gasteiger partial charge is 0.239 e. The van der Waals surface area contributed by atoms with Crippen LogP contribution in [0.15, 0.2) is 24.3 Å². The number of nitrogens with zero attached hydrogens (tertiary/aromatic N) is 1. The molecule has 0 aliphatic heterocycles.